The fraction of sp³-hybridized carbons (Fsp3) is 0.765. The van der Waals surface area contributed by atoms with Crippen molar-refractivity contribution >= 4 is 11.6 Å². The Morgan fingerprint density at radius 3 is 2.48 bits per heavy atom. The zero-order chi connectivity index (χ0) is 15.5. The van der Waals surface area contributed by atoms with E-state index in [9.17, 15) is 0 Å². The Bertz CT molecular complexity index is 460. The molecule has 2 rings (SSSR count). The van der Waals surface area contributed by atoms with Gasteiger partial charge in [0, 0.05) is 30.6 Å². The maximum Gasteiger partial charge on any atom is 0.138 e. The van der Waals surface area contributed by atoms with Gasteiger partial charge in [-0.1, -0.05) is 34.1 Å². The number of hydrogen-bond donors (Lipinski definition) is 1. The van der Waals surface area contributed by atoms with Crippen LogP contribution in [0.4, 0.5) is 11.6 Å². The van der Waals surface area contributed by atoms with Crippen molar-refractivity contribution < 1.29 is 0 Å². The van der Waals surface area contributed by atoms with Gasteiger partial charge in [-0.15, -0.1) is 0 Å². The largest absolute Gasteiger partial charge is 0.370 e. The fourth-order valence-corrected chi connectivity index (χ4v) is 2.39. The summed E-state index contributed by atoms with van der Waals surface area (Å²) in [6, 6.07) is 2.81. The van der Waals surface area contributed by atoms with Crippen molar-refractivity contribution in [3.8, 4) is 0 Å². The Hall–Kier alpha value is -1.32. The zero-order valence-electron chi connectivity index (χ0n) is 14.2. The first-order valence-electron chi connectivity index (χ1n) is 8.35. The summed E-state index contributed by atoms with van der Waals surface area (Å²) in [6.45, 7) is 12.9. The van der Waals surface area contributed by atoms with E-state index in [1.165, 1.54) is 25.7 Å². The number of unbranched alkanes of at least 4 members (excludes halogenated alkanes) is 1. The molecule has 1 aromatic rings. The average molecular weight is 290 g/mol. The van der Waals surface area contributed by atoms with Crippen LogP contribution < -0.4 is 10.2 Å². The molecule has 0 bridgehead atoms. The molecule has 1 saturated carbocycles. The van der Waals surface area contributed by atoms with Crippen molar-refractivity contribution in [1.82, 2.24) is 9.97 Å². The third-order valence-electron chi connectivity index (χ3n) is 3.78. The molecule has 1 fully saturated rings. The van der Waals surface area contributed by atoms with Gasteiger partial charge in [-0.3, -0.25) is 0 Å². The summed E-state index contributed by atoms with van der Waals surface area (Å²) in [7, 11) is 0. The minimum atomic E-state index is -0.0276. The Labute approximate surface area is 129 Å². The molecule has 4 heteroatoms. The molecule has 4 nitrogen and oxygen atoms in total. The van der Waals surface area contributed by atoms with Crippen LogP contribution >= 0.6 is 0 Å². The number of anilines is 2. The summed E-state index contributed by atoms with van der Waals surface area (Å²) >= 11 is 0. The first kappa shape index (κ1) is 16.1. The highest BCUT2D eigenvalue weighted by Crippen LogP contribution is 2.33. The monoisotopic (exact) mass is 290 g/mol. The number of rotatable bonds is 7. The van der Waals surface area contributed by atoms with Crippen molar-refractivity contribution in [2.75, 3.05) is 23.3 Å². The maximum absolute atomic E-state index is 4.88. The van der Waals surface area contributed by atoms with Gasteiger partial charge in [-0.2, -0.15) is 0 Å². The summed E-state index contributed by atoms with van der Waals surface area (Å²) in [5.41, 5.74) is -0.0276. The van der Waals surface area contributed by atoms with Gasteiger partial charge in [0.1, 0.15) is 17.5 Å². The lowest BCUT2D eigenvalue weighted by atomic mass is 9.96. The van der Waals surface area contributed by atoms with E-state index >= 15 is 0 Å². The third kappa shape index (κ3) is 4.32. The molecule has 0 spiro atoms. The molecule has 1 aliphatic rings. The minimum Gasteiger partial charge on any atom is -0.370 e. The Morgan fingerprint density at radius 1 is 1.24 bits per heavy atom. The van der Waals surface area contributed by atoms with E-state index in [0.717, 1.165) is 30.5 Å². The van der Waals surface area contributed by atoms with Crippen LogP contribution in [0.1, 0.15) is 66.1 Å². The molecule has 21 heavy (non-hydrogen) atoms. The van der Waals surface area contributed by atoms with Crippen molar-refractivity contribution in [2.45, 2.75) is 71.8 Å². The van der Waals surface area contributed by atoms with E-state index in [1.54, 1.807) is 0 Å². The summed E-state index contributed by atoms with van der Waals surface area (Å²) < 4.78 is 0. The summed E-state index contributed by atoms with van der Waals surface area (Å²) in [5, 5.41) is 3.35. The lowest BCUT2D eigenvalue weighted by Crippen LogP contribution is -2.29. The first-order valence-corrected chi connectivity index (χ1v) is 8.35. The third-order valence-corrected chi connectivity index (χ3v) is 3.78. The Morgan fingerprint density at radius 2 is 1.95 bits per heavy atom. The van der Waals surface area contributed by atoms with Gasteiger partial charge in [-0.25, -0.2) is 9.97 Å². The fourth-order valence-electron chi connectivity index (χ4n) is 2.39. The van der Waals surface area contributed by atoms with Gasteiger partial charge in [-0.05, 0) is 26.2 Å². The minimum absolute atomic E-state index is 0.0276. The molecule has 118 valence electrons. The smallest absolute Gasteiger partial charge is 0.138 e. The highest BCUT2D eigenvalue weighted by atomic mass is 15.2. The van der Waals surface area contributed by atoms with Crippen LogP contribution in [0, 0.1) is 0 Å². The van der Waals surface area contributed by atoms with Gasteiger partial charge in [0.2, 0.25) is 0 Å². The van der Waals surface area contributed by atoms with Crippen LogP contribution in [-0.4, -0.2) is 29.1 Å². The molecule has 1 N–H and O–H groups in total. The van der Waals surface area contributed by atoms with E-state index in [0.29, 0.717) is 6.04 Å². The Balaban J connectivity index is 2.32. The summed E-state index contributed by atoms with van der Waals surface area (Å²) in [4.78, 5) is 12.1. The van der Waals surface area contributed by atoms with E-state index in [-0.39, 0.29) is 5.41 Å². The van der Waals surface area contributed by atoms with Gasteiger partial charge in [0.05, 0.1) is 0 Å². The molecule has 0 amide bonds. The average Bonchev–Trinajstić information content (AvgIpc) is 3.23. The number of hydrogen-bond acceptors (Lipinski definition) is 4. The quantitative estimate of drug-likeness (QED) is 0.825. The first-order chi connectivity index (χ1) is 9.95. The SMILES string of the molecule is CCCCN(c1cc(NCC)nc(C(C)(C)C)n1)C1CC1. The predicted molar refractivity (Wildman–Crippen MR) is 90.2 cm³/mol. The molecule has 1 aromatic heterocycles. The molecule has 1 heterocycles. The second-order valence-corrected chi connectivity index (χ2v) is 6.99. The van der Waals surface area contributed by atoms with Gasteiger partial charge >= 0.3 is 0 Å². The second kappa shape index (κ2) is 6.63. The van der Waals surface area contributed by atoms with Crippen LogP contribution in [0.5, 0.6) is 0 Å². The van der Waals surface area contributed by atoms with Gasteiger partial charge in [0.15, 0.2) is 0 Å². The van der Waals surface area contributed by atoms with Crippen molar-refractivity contribution in [1.29, 1.82) is 0 Å². The normalized spacial score (nSPS) is 15.1. The molecule has 1 aliphatic carbocycles. The van der Waals surface area contributed by atoms with Crippen LogP contribution in [0.15, 0.2) is 6.07 Å². The second-order valence-electron chi connectivity index (χ2n) is 6.99. The standard InChI is InChI=1S/C17H30N4/c1-6-8-11-21(13-9-10-13)15-12-14(18-7-2)19-16(20-15)17(3,4)5/h12-13H,6-11H2,1-5H3,(H,18,19,20). The van der Waals surface area contributed by atoms with E-state index < -0.39 is 0 Å². The predicted octanol–water partition coefficient (Wildman–Crippen LogP) is 3.97. The molecule has 0 radical (unpaired) electrons. The van der Waals surface area contributed by atoms with Crippen LogP contribution in [0.25, 0.3) is 0 Å². The number of nitrogens with one attached hydrogen (secondary N) is 1. The van der Waals surface area contributed by atoms with Crippen molar-refractivity contribution in [3.05, 3.63) is 11.9 Å². The van der Waals surface area contributed by atoms with Gasteiger partial charge in [0.25, 0.3) is 0 Å². The molecule has 0 aliphatic heterocycles. The van der Waals surface area contributed by atoms with Crippen LogP contribution in [-0.2, 0) is 5.41 Å². The van der Waals surface area contributed by atoms with E-state index in [1.807, 2.05) is 0 Å². The highest BCUT2D eigenvalue weighted by molar-refractivity contribution is 5.51. The van der Waals surface area contributed by atoms with Crippen LogP contribution in [0.2, 0.25) is 0 Å². The zero-order valence-corrected chi connectivity index (χ0v) is 14.2. The molecule has 0 aromatic carbocycles. The van der Waals surface area contributed by atoms with E-state index in [4.69, 9.17) is 4.98 Å². The van der Waals surface area contributed by atoms with E-state index in [2.05, 4.69) is 55.9 Å². The summed E-state index contributed by atoms with van der Waals surface area (Å²) in [5.74, 6) is 2.98. The van der Waals surface area contributed by atoms with Crippen molar-refractivity contribution in [2.24, 2.45) is 0 Å². The lowest BCUT2D eigenvalue weighted by molar-refractivity contribution is 0.543. The molecule has 0 atom stereocenters. The highest BCUT2D eigenvalue weighted by Gasteiger charge is 2.31. The molecule has 0 saturated heterocycles. The van der Waals surface area contributed by atoms with Crippen LogP contribution in [0.3, 0.4) is 0 Å². The molecule has 0 unspecified atom stereocenters. The maximum atomic E-state index is 4.88. The lowest BCUT2D eigenvalue weighted by Gasteiger charge is -2.26. The molecular formula is C17H30N4. The number of nitrogens with zero attached hydrogens (tertiary/aromatic N) is 3. The van der Waals surface area contributed by atoms with Crippen molar-refractivity contribution in [3.63, 3.8) is 0 Å². The Kier molecular flexibility index (Phi) is 5.07. The molecular weight excluding hydrogens is 260 g/mol. The summed E-state index contributed by atoms with van der Waals surface area (Å²) in [6.07, 6.45) is 5.05. The van der Waals surface area contributed by atoms with Gasteiger partial charge < -0.3 is 10.2 Å². The number of aromatic nitrogens is 2. The topological polar surface area (TPSA) is 41.0 Å².